The van der Waals surface area contributed by atoms with E-state index in [1.807, 2.05) is 42.2 Å². The molecule has 1 heterocycles. The van der Waals surface area contributed by atoms with Crippen LogP contribution >= 0.6 is 0 Å². The molecule has 0 N–H and O–H groups in total. The van der Waals surface area contributed by atoms with Crippen LogP contribution in [0.15, 0.2) is 59.8 Å². The molecule has 5 heteroatoms. The van der Waals surface area contributed by atoms with Crippen LogP contribution in [-0.4, -0.2) is 13.0 Å². The Bertz CT molecular complexity index is 595. The maximum atomic E-state index is 10.5. The molecule has 4 nitrogen and oxygen atoms in total. The zero-order chi connectivity index (χ0) is 13.6. The summed E-state index contributed by atoms with van der Waals surface area (Å²) in [5.74, 6) is 0. The summed E-state index contributed by atoms with van der Waals surface area (Å²) in [6, 6.07) is 12.1. The van der Waals surface area contributed by atoms with E-state index in [1.54, 1.807) is 19.1 Å². The minimum Gasteiger partial charge on any atom is -0.744 e. The molecule has 1 aromatic carbocycles. The van der Waals surface area contributed by atoms with Gasteiger partial charge in [-0.2, -0.15) is 0 Å². The minimum atomic E-state index is -4.28. The molecule has 0 aliphatic heterocycles. The Morgan fingerprint density at radius 3 is 1.89 bits per heavy atom. The van der Waals surface area contributed by atoms with Crippen LogP contribution in [0.5, 0.6) is 0 Å². The average Bonchev–Trinajstić information content (AvgIpc) is 2.30. The van der Waals surface area contributed by atoms with Crippen molar-refractivity contribution in [2.45, 2.75) is 11.8 Å². The third kappa shape index (κ3) is 4.65. The maximum Gasteiger partial charge on any atom is 0.168 e. The van der Waals surface area contributed by atoms with Crippen LogP contribution in [0.4, 0.5) is 0 Å². The van der Waals surface area contributed by atoms with Gasteiger partial charge in [0, 0.05) is 12.1 Å². The summed E-state index contributed by atoms with van der Waals surface area (Å²) >= 11 is 0. The highest BCUT2D eigenvalue weighted by Crippen LogP contribution is 2.12. The summed E-state index contributed by atoms with van der Waals surface area (Å²) in [7, 11) is -2.28. The van der Waals surface area contributed by atoms with Crippen LogP contribution < -0.4 is 4.57 Å². The van der Waals surface area contributed by atoms with Gasteiger partial charge in [-0.05, 0) is 18.6 Å². The molecule has 1 aromatic heterocycles. The van der Waals surface area contributed by atoms with Crippen LogP contribution in [0.2, 0.25) is 0 Å². The fourth-order valence-electron chi connectivity index (χ4n) is 1.32. The molecule has 0 atom stereocenters. The van der Waals surface area contributed by atoms with Crippen LogP contribution in [0.25, 0.3) is 0 Å². The van der Waals surface area contributed by atoms with Gasteiger partial charge in [-0.1, -0.05) is 24.3 Å². The van der Waals surface area contributed by atoms with Crippen molar-refractivity contribution in [3.8, 4) is 0 Å². The predicted molar refractivity (Wildman–Crippen MR) is 66.8 cm³/mol. The molecule has 0 bridgehead atoms. The molecule has 18 heavy (non-hydrogen) atoms. The minimum absolute atomic E-state index is 0.139. The monoisotopic (exact) mass is 265 g/mol. The number of aromatic nitrogens is 1. The number of nitrogens with zero attached hydrogens (tertiary/aromatic N) is 1. The normalized spacial score (nSPS) is 10.4. The fraction of sp³-hybridized carbons (Fsp3) is 0.154. The average molecular weight is 265 g/mol. The van der Waals surface area contributed by atoms with Gasteiger partial charge in [0.1, 0.15) is 17.2 Å². The molecule has 0 saturated heterocycles. The molecule has 0 amide bonds. The van der Waals surface area contributed by atoms with Crippen molar-refractivity contribution in [3.05, 3.63) is 60.4 Å². The number of hydrogen-bond donors (Lipinski definition) is 0. The van der Waals surface area contributed by atoms with Crippen molar-refractivity contribution < 1.29 is 17.5 Å². The van der Waals surface area contributed by atoms with Gasteiger partial charge < -0.3 is 4.55 Å². The lowest BCUT2D eigenvalue weighted by Crippen LogP contribution is -2.25. The summed E-state index contributed by atoms with van der Waals surface area (Å²) in [4.78, 5) is -0.139. The lowest BCUT2D eigenvalue weighted by Gasteiger charge is -2.08. The van der Waals surface area contributed by atoms with Crippen molar-refractivity contribution in [2.75, 3.05) is 0 Å². The Morgan fingerprint density at radius 1 is 1.00 bits per heavy atom. The molecular formula is C13H15NO3S. The first-order chi connectivity index (χ1) is 8.41. The van der Waals surface area contributed by atoms with Gasteiger partial charge >= 0.3 is 0 Å². The van der Waals surface area contributed by atoms with Gasteiger partial charge in [0.25, 0.3) is 0 Å². The molecule has 0 spiro atoms. The quantitative estimate of drug-likeness (QED) is 0.578. The Kier molecular flexibility index (Phi) is 5.00. The summed E-state index contributed by atoms with van der Waals surface area (Å²) in [5.41, 5.74) is 0.488. The van der Waals surface area contributed by atoms with Crippen LogP contribution in [0, 0.1) is 6.92 Å². The van der Waals surface area contributed by atoms with E-state index in [1.165, 1.54) is 12.1 Å². The lowest BCUT2D eigenvalue weighted by molar-refractivity contribution is -0.671. The van der Waals surface area contributed by atoms with E-state index in [2.05, 4.69) is 0 Å². The van der Waals surface area contributed by atoms with E-state index in [4.69, 9.17) is 0 Å². The molecule has 0 aliphatic rings. The van der Waals surface area contributed by atoms with Crippen molar-refractivity contribution in [2.24, 2.45) is 7.05 Å². The number of pyridine rings is 1. The Hall–Kier alpha value is -1.72. The third-order valence-corrected chi connectivity index (χ3v) is 3.22. The van der Waals surface area contributed by atoms with Crippen LogP contribution in [0.1, 0.15) is 5.56 Å². The number of hydrogen-bond acceptors (Lipinski definition) is 3. The van der Waals surface area contributed by atoms with Gasteiger partial charge in [-0.15, -0.1) is 0 Å². The lowest BCUT2D eigenvalue weighted by atomic mass is 10.2. The maximum absolute atomic E-state index is 10.5. The molecule has 0 saturated carbocycles. The largest absolute Gasteiger partial charge is 0.744 e. The third-order valence-electron chi connectivity index (χ3n) is 2.23. The van der Waals surface area contributed by atoms with Crippen molar-refractivity contribution in [1.29, 1.82) is 0 Å². The van der Waals surface area contributed by atoms with Gasteiger partial charge in [0.15, 0.2) is 12.4 Å². The van der Waals surface area contributed by atoms with E-state index in [0.29, 0.717) is 5.56 Å². The standard InChI is InChI=1S/C7H8O3S.C6H8N/c1-6-4-2-3-5-7(6)11(8,9)10;1-7-5-3-2-4-6-7/h2-5H,1H3,(H,8,9,10);2-6H,1H3/q;+1/p-1. The first-order valence-corrected chi connectivity index (χ1v) is 6.74. The SMILES string of the molecule is C[n+]1ccccc1.Cc1ccccc1S(=O)(=O)[O-]. The summed E-state index contributed by atoms with van der Waals surface area (Å²) in [6.07, 6.45) is 4.00. The van der Waals surface area contributed by atoms with Crippen LogP contribution in [-0.2, 0) is 17.2 Å². The van der Waals surface area contributed by atoms with E-state index < -0.39 is 10.1 Å². The van der Waals surface area contributed by atoms with E-state index in [0.717, 1.165) is 0 Å². The highest BCUT2D eigenvalue weighted by atomic mass is 32.2. The summed E-state index contributed by atoms with van der Waals surface area (Å²) in [5, 5.41) is 0. The number of rotatable bonds is 1. The second-order valence-corrected chi connectivity index (χ2v) is 5.11. The van der Waals surface area contributed by atoms with Gasteiger partial charge in [0.2, 0.25) is 0 Å². The van der Waals surface area contributed by atoms with Crippen molar-refractivity contribution in [3.63, 3.8) is 0 Å². The number of aryl methyl sites for hydroxylation is 2. The predicted octanol–water partition coefficient (Wildman–Crippen LogP) is 1.41. The molecule has 0 fully saturated rings. The Labute approximate surface area is 107 Å². The molecule has 96 valence electrons. The summed E-state index contributed by atoms with van der Waals surface area (Å²) in [6.45, 7) is 1.59. The van der Waals surface area contributed by atoms with Crippen LogP contribution in [0.3, 0.4) is 0 Å². The van der Waals surface area contributed by atoms with Gasteiger partial charge in [-0.3, -0.25) is 0 Å². The first-order valence-electron chi connectivity index (χ1n) is 5.33. The van der Waals surface area contributed by atoms with Gasteiger partial charge in [0.05, 0.1) is 4.90 Å². The molecule has 0 aliphatic carbocycles. The van der Waals surface area contributed by atoms with E-state index in [-0.39, 0.29) is 4.90 Å². The van der Waals surface area contributed by atoms with Gasteiger partial charge in [-0.25, -0.2) is 13.0 Å². The fourth-order valence-corrected chi connectivity index (χ4v) is 2.03. The molecule has 0 radical (unpaired) electrons. The molecular weight excluding hydrogens is 250 g/mol. The van der Waals surface area contributed by atoms with Crippen molar-refractivity contribution >= 4 is 10.1 Å². The Morgan fingerprint density at radius 2 is 1.56 bits per heavy atom. The highest BCUT2D eigenvalue weighted by molar-refractivity contribution is 7.85. The smallest absolute Gasteiger partial charge is 0.168 e. The molecule has 2 aromatic rings. The summed E-state index contributed by atoms with van der Waals surface area (Å²) < 4.78 is 33.5. The Balaban J connectivity index is 0.000000199. The van der Waals surface area contributed by atoms with E-state index >= 15 is 0 Å². The zero-order valence-electron chi connectivity index (χ0n) is 10.3. The number of benzene rings is 1. The van der Waals surface area contributed by atoms with E-state index in [9.17, 15) is 13.0 Å². The zero-order valence-corrected chi connectivity index (χ0v) is 11.1. The van der Waals surface area contributed by atoms with Crippen molar-refractivity contribution in [1.82, 2.24) is 0 Å². The topological polar surface area (TPSA) is 61.1 Å². The molecule has 2 rings (SSSR count). The second kappa shape index (κ2) is 6.28. The highest BCUT2D eigenvalue weighted by Gasteiger charge is 2.02. The second-order valence-electron chi connectivity index (χ2n) is 3.76. The molecule has 0 unspecified atom stereocenters. The first kappa shape index (κ1) is 14.3.